The van der Waals surface area contributed by atoms with Crippen molar-refractivity contribution in [3.05, 3.63) is 75.8 Å². The van der Waals surface area contributed by atoms with Crippen LogP contribution in [0, 0.1) is 24.2 Å². The molecule has 28 heavy (non-hydrogen) atoms. The summed E-state index contributed by atoms with van der Waals surface area (Å²) in [5, 5.41) is 9.61. The Balaban J connectivity index is 1.40. The number of rotatable bonds is 4. The van der Waals surface area contributed by atoms with E-state index in [1.54, 1.807) is 0 Å². The van der Waals surface area contributed by atoms with Crippen LogP contribution in [-0.2, 0) is 13.1 Å². The summed E-state index contributed by atoms with van der Waals surface area (Å²) in [6, 6.07) is 17.6. The van der Waals surface area contributed by atoms with Gasteiger partial charge in [0.1, 0.15) is 5.82 Å². The van der Waals surface area contributed by atoms with E-state index in [2.05, 4.69) is 16.0 Å². The highest BCUT2D eigenvalue weighted by atomic mass is 16.1. The van der Waals surface area contributed by atoms with Crippen molar-refractivity contribution in [2.75, 3.05) is 13.1 Å². The first-order chi connectivity index (χ1) is 13.6. The van der Waals surface area contributed by atoms with Gasteiger partial charge >= 0.3 is 0 Å². The molecule has 3 aromatic rings. The molecule has 0 saturated carbocycles. The van der Waals surface area contributed by atoms with Crippen molar-refractivity contribution in [1.82, 2.24) is 14.5 Å². The topological polar surface area (TPSA) is 61.9 Å². The van der Waals surface area contributed by atoms with E-state index in [9.17, 15) is 4.79 Å². The number of likely N-dealkylation sites (tertiary alicyclic amines) is 1. The van der Waals surface area contributed by atoms with Crippen LogP contribution in [0.1, 0.15) is 29.8 Å². The van der Waals surface area contributed by atoms with E-state index in [1.165, 1.54) is 5.56 Å². The number of para-hydroxylation sites is 1. The molecular weight excluding hydrogens is 348 g/mol. The molecule has 0 N–H and O–H groups in total. The van der Waals surface area contributed by atoms with Gasteiger partial charge in [0.2, 0.25) is 0 Å². The third-order valence-corrected chi connectivity index (χ3v) is 5.69. The van der Waals surface area contributed by atoms with Gasteiger partial charge in [0, 0.05) is 13.1 Å². The van der Waals surface area contributed by atoms with Crippen molar-refractivity contribution in [2.45, 2.75) is 32.9 Å². The molecule has 1 saturated heterocycles. The summed E-state index contributed by atoms with van der Waals surface area (Å²) in [6.07, 6.45) is 2.16. The number of aryl methyl sites for hydroxylation is 1. The van der Waals surface area contributed by atoms with Gasteiger partial charge in [-0.3, -0.25) is 14.3 Å². The van der Waals surface area contributed by atoms with Gasteiger partial charge in [-0.1, -0.05) is 24.3 Å². The van der Waals surface area contributed by atoms with Gasteiger partial charge in [-0.05, 0) is 68.6 Å². The lowest BCUT2D eigenvalue weighted by atomic mass is 9.96. The molecule has 1 aliphatic rings. The molecule has 1 aliphatic heterocycles. The second-order valence-corrected chi connectivity index (χ2v) is 7.62. The van der Waals surface area contributed by atoms with Crippen LogP contribution in [0.4, 0.5) is 0 Å². The summed E-state index contributed by atoms with van der Waals surface area (Å²) in [5.74, 6) is 1.29. The van der Waals surface area contributed by atoms with Crippen LogP contribution in [0.25, 0.3) is 10.9 Å². The number of nitrogens with zero attached hydrogens (tertiary/aromatic N) is 4. The third-order valence-electron chi connectivity index (χ3n) is 5.69. The summed E-state index contributed by atoms with van der Waals surface area (Å²) >= 11 is 0. The standard InChI is InChI=1S/C23H24N4O/c1-17-25-22-5-3-2-4-21(22)23(28)27(17)16-20-10-12-26(13-11-20)15-19-8-6-18(14-24)7-9-19/h2-9,20H,10-13,15-16H2,1H3. The SMILES string of the molecule is Cc1nc2ccccc2c(=O)n1CC1CCN(Cc2ccc(C#N)cc2)CC1. The average Bonchev–Trinajstić information content (AvgIpc) is 2.73. The molecule has 0 bridgehead atoms. The highest BCUT2D eigenvalue weighted by Crippen LogP contribution is 2.21. The van der Waals surface area contributed by atoms with Crippen molar-refractivity contribution in [2.24, 2.45) is 5.92 Å². The van der Waals surface area contributed by atoms with E-state index in [-0.39, 0.29) is 5.56 Å². The molecule has 0 aliphatic carbocycles. The fraction of sp³-hybridized carbons (Fsp3) is 0.348. The fourth-order valence-electron chi connectivity index (χ4n) is 4.02. The zero-order chi connectivity index (χ0) is 19.5. The smallest absolute Gasteiger partial charge is 0.261 e. The van der Waals surface area contributed by atoms with Crippen LogP contribution in [0.3, 0.4) is 0 Å². The number of piperidine rings is 1. The van der Waals surface area contributed by atoms with Gasteiger partial charge in [0.25, 0.3) is 5.56 Å². The molecule has 0 radical (unpaired) electrons. The molecule has 142 valence electrons. The first-order valence-corrected chi connectivity index (χ1v) is 9.81. The van der Waals surface area contributed by atoms with E-state index < -0.39 is 0 Å². The number of nitriles is 1. The Kier molecular flexibility index (Phi) is 5.23. The second kappa shape index (κ2) is 7.95. The Morgan fingerprint density at radius 3 is 2.54 bits per heavy atom. The summed E-state index contributed by atoms with van der Waals surface area (Å²) < 4.78 is 1.85. The highest BCUT2D eigenvalue weighted by molar-refractivity contribution is 5.77. The Bertz CT molecular complexity index is 1070. The quantitative estimate of drug-likeness (QED) is 0.703. The molecule has 0 amide bonds. The number of hydrogen-bond acceptors (Lipinski definition) is 4. The molecule has 0 unspecified atom stereocenters. The zero-order valence-corrected chi connectivity index (χ0v) is 16.1. The van der Waals surface area contributed by atoms with Crippen LogP contribution in [0.2, 0.25) is 0 Å². The number of hydrogen-bond donors (Lipinski definition) is 0. The number of aromatic nitrogens is 2. The second-order valence-electron chi connectivity index (χ2n) is 7.62. The van der Waals surface area contributed by atoms with Crippen LogP contribution in [0.5, 0.6) is 0 Å². The van der Waals surface area contributed by atoms with Crippen LogP contribution < -0.4 is 5.56 Å². The number of benzene rings is 2. The van der Waals surface area contributed by atoms with Crippen molar-refractivity contribution >= 4 is 10.9 Å². The molecule has 2 heterocycles. The molecule has 4 rings (SSSR count). The fourth-order valence-corrected chi connectivity index (χ4v) is 4.02. The first kappa shape index (κ1) is 18.4. The summed E-state index contributed by atoms with van der Waals surface area (Å²) in [5.41, 5.74) is 2.79. The maximum Gasteiger partial charge on any atom is 0.261 e. The Morgan fingerprint density at radius 2 is 1.82 bits per heavy atom. The molecule has 1 fully saturated rings. The number of fused-ring (bicyclic) bond motifs is 1. The first-order valence-electron chi connectivity index (χ1n) is 9.81. The van der Waals surface area contributed by atoms with Crippen molar-refractivity contribution in [1.29, 1.82) is 5.26 Å². The van der Waals surface area contributed by atoms with Gasteiger partial charge in [-0.15, -0.1) is 0 Å². The minimum Gasteiger partial charge on any atom is -0.299 e. The van der Waals surface area contributed by atoms with Gasteiger partial charge < -0.3 is 0 Å². The van der Waals surface area contributed by atoms with E-state index in [0.717, 1.165) is 50.4 Å². The van der Waals surface area contributed by atoms with Gasteiger partial charge in [0.15, 0.2) is 0 Å². The Morgan fingerprint density at radius 1 is 1.11 bits per heavy atom. The predicted molar refractivity (Wildman–Crippen MR) is 110 cm³/mol. The van der Waals surface area contributed by atoms with Gasteiger partial charge in [-0.25, -0.2) is 4.98 Å². The van der Waals surface area contributed by atoms with Crippen molar-refractivity contribution < 1.29 is 0 Å². The van der Waals surface area contributed by atoms with E-state index in [1.807, 2.05) is 60.0 Å². The molecule has 2 aromatic carbocycles. The maximum atomic E-state index is 12.9. The van der Waals surface area contributed by atoms with Crippen molar-refractivity contribution in [3.8, 4) is 6.07 Å². The van der Waals surface area contributed by atoms with Crippen molar-refractivity contribution in [3.63, 3.8) is 0 Å². The highest BCUT2D eigenvalue weighted by Gasteiger charge is 2.21. The lowest BCUT2D eigenvalue weighted by molar-refractivity contribution is 0.166. The molecule has 0 atom stereocenters. The molecule has 0 spiro atoms. The largest absolute Gasteiger partial charge is 0.299 e. The minimum absolute atomic E-state index is 0.0723. The Hall–Kier alpha value is -2.97. The maximum absolute atomic E-state index is 12.9. The predicted octanol–water partition coefficient (Wildman–Crippen LogP) is 3.49. The summed E-state index contributed by atoms with van der Waals surface area (Å²) in [7, 11) is 0. The lowest BCUT2D eigenvalue weighted by Gasteiger charge is -2.32. The zero-order valence-electron chi connectivity index (χ0n) is 16.1. The Labute approximate surface area is 164 Å². The molecular formula is C23H24N4O. The molecule has 5 nitrogen and oxygen atoms in total. The van der Waals surface area contributed by atoms with E-state index in [4.69, 9.17) is 5.26 Å². The van der Waals surface area contributed by atoms with Crippen LogP contribution in [0.15, 0.2) is 53.3 Å². The van der Waals surface area contributed by atoms with Gasteiger partial charge in [0.05, 0.1) is 22.5 Å². The summed E-state index contributed by atoms with van der Waals surface area (Å²) in [4.78, 5) is 19.9. The molecule has 5 heteroatoms. The minimum atomic E-state index is 0.0723. The lowest BCUT2D eigenvalue weighted by Crippen LogP contribution is -2.36. The van der Waals surface area contributed by atoms with E-state index >= 15 is 0 Å². The van der Waals surface area contributed by atoms with Crippen LogP contribution in [-0.4, -0.2) is 27.5 Å². The summed E-state index contributed by atoms with van der Waals surface area (Å²) in [6.45, 7) is 5.63. The third kappa shape index (κ3) is 3.83. The molecule has 1 aromatic heterocycles. The monoisotopic (exact) mass is 372 g/mol. The average molecular weight is 372 g/mol. The van der Waals surface area contributed by atoms with Crippen LogP contribution >= 0.6 is 0 Å². The normalized spacial score (nSPS) is 15.6. The van der Waals surface area contributed by atoms with E-state index in [0.29, 0.717) is 16.9 Å². The van der Waals surface area contributed by atoms with Gasteiger partial charge in [-0.2, -0.15) is 5.26 Å².